The Balaban J connectivity index is 2.70. The highest BCUT2D eigenvalue weighted by molar-refractivity contribution is 5.78. The van der Waals surface area contributed by atoms with Crippen molar-refractivity contribution in [1.82, 2.24) is 10.3 Å². The van der Waals surface area contributed by atoms with E-state index in [-0.39, 0.29) is 0 Å². The van der Waals surface area contributed by atoms with Crippen LogP contribution in [0.5, 0.6) is 0 Å². The molecule has 4 heteroatoms. The summed E-state index contributed by atoms with van der Waals surface area (Å²) in [6.07, 6.45) is 0. The average Bonchev–Trinajstić information content (AvgIpc) is 2.19. The van der Waals surface area contributed by atoms with E-state index >= 15 is 0 Å². The molecule has 0 spiro atoms. The van der Waals surface area contributed by atoms with Gasteiger partial charge in [-0.15, -0.1) is 0 Å². The van der Waals surface area contributed by atoms with Crippen molar-refractivity contribution in [3.8, 4) is 0 Å². The van der Waals surface area contributed by atoms with Gasteiger partial charge in [-0.2, -0.15) is 0 Å². The van der Waals surface area contributed by atoms with E-state index in [1.807, 2.05) is 11.9 Å². The Labute approximate surface area is 90.8 Å². The van der Waals surface area contributed by atoms with Gasteiger partial charge in [0, 0.05) is 20.6 Å². The fourth-order valence-corrected chi connectivity index (χ4v) is 1.50. The summed E-state index contributed by atoms with van der Waals surface area (Å²) in [5.74, 6) is 6.02. The predicted molar refractivity (Wildman–Crippen MR) is 63.3 cm³/mol. The third-order valence-electron chi connectivity index (χ3n) is 2.20. The number of nitrogens with one attached hydrogen (secondary N) is 1. The Kier molecular flexibility index (Phi) is 4.12. The van der Waals surface area contributed by atoms with Crippen molar-refractivity contribution in [2.45, 2.75) is 13.5 Å². The molecule has 0 unspecified atom stereocenters. The zero-order valence-corrected chi connectivity index (χ0v) is 9.49. The van der Waals surface area contributed by atoms with Gasteiger partial charge in [-0.1, -0.05) is 29.8 Å². The first kappa shape index (κ1) is 11.5. The van der Waals surface area contributed by atoms with Crippen LogP contribution in [0.1, 0.15) is 11.1 Å². The molecule has 4 nitrogen and oxygen atoms in total. The average molecular weight is 206 g/mol. The molecule has 0 atom stereocenters. The molecule has 1 aromatic rings. The largest absolute Gasteiger partial charge is 0.341 e. The minimum Gasteiger partial charge on any atom is -0.341 e. The maximum absolute atomic E-state index is 5.35. The SMILES string of the molecule is CN=C(NN)N(C)Cc1cccc(C)c1. The van der Waals surface area contributed by atoms with Gasteiger partial charge in [0.15, 0.2) is 0 Å². The second-order valence-corrected chi connectivity index (χ2v) is 3.54. The van der Waals surface area contributed by atoms with Crippen molar-refractivity contribution in [1.29, 1.82) is 0 Å². The third kappa shape index (κ3) is 3.25. The van der Waals surface area contributed by atoms with Crippen molar-refractivity contribution in [2.75, 3.05) is 14.1 Å². The summed E-state index contributed by atoms with van der Waals surface area (Å²) in [5.41, 5.74) is 5.07. The fraction of sp³-hybridized carbons (Fsp3) is 0.364. The third-order valence-corrected chi connectivity index (χ3v) is 2.20. The lowest BCUT2D eigenvalue weighted by atomic mass is 10.1. The zero-order valence-electron chi connectivity index (χ0n) is 9.49. The standard InChI is InChI=1S/C11H18N4/c1-9-5-4-6-10(7-9)8-15(3)11(13-2)14-12/h4-7H,8,12H2,1-3H3,(H,13,14). The molecule has 0 fully saturated rings. The molecule has 82 valence electrons. The second kappa shape index (κ2) is 5.36. The summed E-state index contributed by atoms with van der Waals surface area (Å²) in [6, 6.07) is 8.38. The number of aryl methyl sites for hydroxylation is 1. The number of guanidine groups is 1. The Morgan fingerprint density at radius 1 is 1.53 bits per heavy atom. The van der Waals surface area contributed by atoms with Crippen LogP contribution in [-0.2, 0) is 6.54 Å². The van der Waals surface area contributed by atoms with E-state index in [9.17, 15) is 0 Å². The van der Waals surface area contributed by atoms with E-state index in [0.717, 1.165) is 6.54 Å². The summed E-state index contributed by atoms with van der Waals surface area (Å²) in [4.78, 5) is 6.00. The molecule has 0 saturated carbocycles. The second-order valence-electron chi connectivity index (χ2n) is 3.54. The Hall–Kier alpha value is -1.55. The van der Waals surface area contributed by atoms with Gasteiger partial charge in [-0.25, -0.2) is 5.84 Å². The quantitative estimate of drug-likeness (QED) is 0.327. The maximum atomic E-state index is 5.35. The number of hydrogen-bond donors (Lipinski definition) is 2. The molecule has 0 aliphatic rings. The minimum atomic E-state index is 0.677. The van der Waals surface area contributed by atoms with Crippen molar-refractivity contribution in [3.63, 3.8) is 0 Å². The number of nitrogens with two attached hydrogens (primary N) is 1. The Bertz CT molecular complexity index is 346. The van der Waals surface area contributed by atoms with Crippen LogP contribution in [0.15, 0.2) is 29.3 Å². The Morgan fingerprint density at radius 3 is 2.80 bits per heavy atom. The maximum Gasteiger partial charge on any atom is 0.208 e. The van der Waals surface area contributed by atoms with E-state index in [1.165, 1.54) is 11.1 Å². The molecule has 0 heterocycles. The van der Waals surface area contributed by atoms with Gasteiger partial charge in [-0.05, 0) is 12.5 Å². The van der Waals surface area contributed by atoms with Crippen LogP contribution in [0.2, 0.25) is 0 Å². The molecular weight excluding hydrogens is 188 g/mol. The molecule has 3 N–H and O–H groups in total. The van der Waals surface area contributed by atoms with Gasteiger partial charge in [-0.3, -0.25) is 10.4 Å². The number of aliphatic imine (C=N–C) groups is 1. The summed E-state index contributed by atoms with van der Waals surface area (Å²) in [6.45, 7) is 2.87. The summed E-state index contributed by atoms with van der Waals surface area (Å²) < 4.78 is 0. The fourth-order valence-electron chi connectivity index (χ4n) is 1.50. The molecular formula is C11H18N4. The number of nitrogens with zero attached hydrogens (tertiary/aromatic N) is 2. The predicted octanol–water partition coefficient (Wildman–Crippen LogP) is 0.876. The summed E-state index contributed by atoms with van der Waals surface area (Å²) in [5, 5.41) is 0. The highest BCUT2D eigenvalue weighted by atomic mass is 15.4. The summed E-state index contributed by atoms with van der Waals surface area (Å²) in [7, 11) is 3.66. The molecule has 0 aromatic heterocycles. The molecule has 15 heavy (non-hydrogen) atoms. The van der Waals surface area contributed by atoms with Crippen LogP contribution >= 0.6 is 0 Å². The van der Waals surface area contributed by atoms with Crippen LogP contribution in [0.3, 0.4) is 0 Å². The van der Waals surface area contributed by atoms with E-state index in [1.54, 1.807) is 7.05 Å². The number of rotatable bonds is 2. The first-order valence-electron chi connectivity index (χ1n) is 4.87. The normalized spacial score (nSPS) is 11.3. The van der Waals surface area contributed by atoms with Crippen LogP contribution < -0.4 is 11.3 Å². The Morgan fingerprint density at radius 2 is 2.27 bits per heavy atom. The van der Waals surface area contributed by atoms with Crippen LogP contribution in [-0.4, -0.2) is 25.0 Å². The highest BCUT2D eigenvalue weighted by Crippen LogP contribution is 2.06. The van der Waals surface area contributed by atoms with Crippen LogP contribution in [0.4, 0.5) is 0 Å². The van der Waals surface area contributed by atoms with E-state index in [0.29, 0.717) is 5.96 Å². The zero-order chi connectivity index (χ0) is 11.3. The number of hydrogen-bond acceptors (Lipinski definition) is 2. The molecule has 0 aliphatic heterocycles. The van der Waals surface area contributed by atoms with E-state index in [2.05, 4.69) is 41.6 Å². The lowest BCUT2D eigenvalue weighted by Crippen LogP contribution is -2.42. The number of benzene rings is 1. The van der Waals surface area contributed by atoms with Crippen molar-refractivity contribution in [3.05, 3.63) is 35.4 Å². The molecule has 0 saturated heterocycles. The molecule has 1 aromatic carbocycles. The molecule has 0 aliphatic carbocycles. The van der Waals surface area contributed by atoms with Gasteiger partial charge in [0.2, 0.25) is 5.96 Å². The monoisotopic (exact) mass is 206 g/mol. The van der Waals surface area contributed by atoms with E-state index in [4.69, 9.17) is 5.84 Å². The topological polar surface area (TPSA) is 53.6 Å². The molecule has 0 amide bonds. The van der Waals surface area contributed by atoms with E-state index < -0.39 is 0 Å². The van der Waals surface area contributed by atoms with Gasteiger partial charge < -0.3 is 4.90 Å². The van der Waals surface area contributed by atoms with Crippen molar-refractivity contribution >= 4 is 5.96 Å². The molecule has 0 radical (unpaired) electrons. The van der Waals surface area contributed by atoms with Crippen LogP contribution in [0.25, 0.3) is 0 Å². The first-order chi connectivity index (χ1) is 7.17. The van der Waals surface area contributed by atoms with Crippen LogP contribution in [0, 0.1) is 6.92 Å². The molecule has 0 bridgehead atoms. The lowest BCUT2D eigenvalue weighted by molar-refractivity contribution is 0.479. The summed E-state index contributed by atoms with van der Waals surface area (Å²) >= 11 is 0. The van der Waals surface area contributed by atoms with Crippen molar-refractivity contribution in [2.24, 2.45) is 10.8 Å². The molecule has 1 rings (SSSR count). The minimum absolute atomic E-state index is 0.677. The van der Waals surface area contributed by atoms with Gasteiger partial charge in [0.25, 0.3) is 0 Å². The first-order valence-corrected chi connectivity index (χ1v) is 4.87. The lowest BCUT2D eigenvalue weighted by Gasteiger charge is -2.20. The smallest absolute Gasteiger partial charge is 0.208 e. The number of hydrazine groups is 1. The van der Waals surface area contributed by atoms with Crippen molar-refractivity contribution < 1.29 is 0 Å². The highest BCUT2D eigenvalue weighted by Gasteiger charge is 2.04. The van der Waals surface area contributed by atoms with Gasteiger partial charge in [0.1, 0.15) is 0 Å². The van der Waals surface area contributed by atoms with Gasteiger partial charge in [0.05, 0.1) is 0 Å². The van der Waals surface area contributed by atoms with Gasteiger partial charge >= 0.3 is 0 Å².